The number of furan rings is 1. The highest BCUT2D eigenvalue weighted by Crippen LogP contribution is 2.24. The highest BCUT2D eigenvalue weighted by molar-refractivity contribution is 5.79. The van der Waals surface area contributed by atoms with E-state index in [1.54, 1.807) is 13.3 Å². The van der Waals surface area contributed by atoms with Gasteiger partial charge in [-0.3, -0.25) is 9.89 Å². The minimum Gasteiger partial charge on any atom is -0.478 e. The molecule has 2 aromatic rings. The minimum atomic E-state index is 0.215. The number of nitrogens with zero attached hydrogens (tertiary/aromatic N) is 3. The average molecular weight is 386 g/mol. The van der Waals surface area contributed by atoms with Crippen molar-refractivity contribution in [2.45, 2.75) is 38.8 Å². The molecule has 1 fully saturated rings. The molecule has 1 atom stereocenters. The highest BCUT2D eigenvalue weighted by atomic mass is 16.5. The molecule has 0 aliphatic carbocycles. The number of aliphatic imine (C=N–C) groups is 1. The van der Waals surface area contributed by atoms with Gasteiger partial charge in [0.2, 0.25) is 5.88 Å². The topological polar surface area (TPSA) is 74.9 Å². The van der Waals surface area contributed by atoms with E-state index in [9.17, 15) is 0 Å². The second-order valence-electron chi connectivity index (χ2n) is 6.93. The van der Waals surface area contributed by atoms with Crippen LogP contribution in [0.5, 0.6) is 5.88 Å². The molecule has 1 unspecified atom stereocenters. The van der Waals surface area contributed by atoms with Crippen LogP contribution in [0.2, 0.25) is 0 Å². The summed E-state index contributed by atoms with van der Waals surface area (Å²) in [6, 6.07) is 8.14. The number of hydrogen-bond acceptors (Lipinski definition) is 5. The number of hydrogen-bond donors (Lipinski definition) is 2. The number of guanidine groups is 1. The number of rotatable bonds is 9. The molecule has 3 rings (SSSR count). The second kappa shape index (κ2) is 10.7. The van der Waals surface area contributed by atoms with Crippen LogP contribution < -0.4 is 15.4 Å². The van der Waals surface area contributed by atoms with Gasteiger partial charge in [0.15, 0.2) is 5.96 Å². The molecule has 7 nitrogen and oxygen atoms in total. The van der Waals surface area contributed by atoms with Gasteiger partial charge in [-0.15, -0.1) is 0 Å². The first-order chi connectivity index (χ1) is 13.8. The van der Waals surface area contributed by atoms with E-state index in [0.29, 0.717) is 19.0 Å². The normalized spacial score (nSPS) is 16.1. The fourth-order valence-electron chi connectivity index (χ4n) is 3.35. The third-order valence-electron chi connectivity index (χ3n) is 4.85. The standard InChI is InChI=1S/C21H31N5O2/c1-3-12-28-20-9-8-17(14-23-20)15-24-21(22-2)25-16-18(19-7-6-13-27-19)26-10-4-5-11-26/h6-9,13-14,18H,3-5,10-12,15-16H2,1-2H3,(H2,22,24,25). The first-order valence-corrected chi connectivity index (χ1v) is 10.1. The molecular weight excluding hydrogens is 354 g/mol. The summed E-state index contributed by atoms with van der Waals surface area (Å²) in [6.45, 7) is 6.38. The molecule has 0 amide bonds. The van der Waals surface area contributed by atoms with E-state index in [4.69, 9.17) is 9.15 Å². The van der Waals surface area contributed by atoms with Gasteiger partial charge in [-0.2, -0.15) is 0 Å². The Morgan fingerprint density at radius 1 is 1.29 bits per heavy atom. The minimum absolute atomic E-state index is 0.215. The van der Waals surface area contributed by atoms with Gasteiger partial charge in [-0.05, 0) is 50.0 Å². The number of aromatic nitrogens is 1. The predicted molar refractivity (Wildman–Crippen MR) is 110 cm³/mol. The van der Waals surface area contributed by atoms with Crippen LogP contribution in [-0.4, -0.2) is 49.1 Å². The lowest BCUT2D eigenvalue weighted by molar-refractivity contribution is 0.215. The van der Waals surface area contributed by atoms with Crippen molar-refractivity contribution < 1.29 is 9.15 Å². The molecular formula is C21H31N5O2. The quantitative estimate of drug-likeness (QED) is 0.511. The Morgan fingerprint density at radius 2 is 2.14 bits per heavy atom. The number of pyridine rings is 1. The smallest absolute Gasteiger partial charge is 0.213 e. The fourth-order valence-corrected chi connectivity index (χ4v) is 3.35. The molecule has 0 saturated carbocycles. The molecule has 0 bridgehead atoms. The van der Waals surface area contributed by atoms with Crippen molar-refractivity contribution in [3.63, 3.8) is 0 Å². The molecule has 1 aliphatic rings. The number of ether oxygens (including phenoxy) is 1. The highest BCUT2D eigenvalue weighted by Gasteiger charge is 2.25. The average Bonchev–Trinajstić information content (AvgIpc) is 3.44. The van der Waals surface area contributed by atoms with Crippen LogP contribution in [-0.2, 0) is 6.54 Å². The zero-order valence-electron chi connectivity index (χ0n) is 16.9. The molecule has 0 radical (unpaired) electrons. The molecule has 3 heterocycles. The lowest BCUT2D eigenvalue weighted by Crippen LogP contribution is -2.42. The Hall–Kier alpha value is -2.54. The van der Waals surface area contributed by atoms with E-state index < -0.39 is 0 Å². The molecule has 2 N–H and O–H groups in total. The molecule has 1 aliphatic heterocycles. The maximum atomic E-state index is 5.68. The van der Waals surface area contributed by atoms with E-state index in [1.165, 1.54) is 12.8 Å². The number of nitrogens with one attached hydrogen (secondary N) is 2. The van der Waals surface area contributed by atoms with Gasteiger partial charge >= 0.3 is 0 Å². The Balaban J connectivity index is 1.50. The molecule has 7 heteroatoms. The summed E-state index contributed by atoms with van der Waals surface area (Å²) in [4.78, 5) is 11.2. The third kappa shape index (κ3) is 5.73. The summed E-state index contributed by atoms with van der Waals surface area (Å²) in [6.07, 6.45) is 7.04. The Morgan fingerprint density at radius 3 is 2.79 bits per heavy atom. The van der Waals surface area contributed by atoms with Crippen molar-refractivity contribution in [3.8, 4) is 5.88 Å². The molecule has 0 spiro atoms. The van der Waals surface area contributed by atoms with Gasteiger partial charge in [0.05, 0.1) is 18.9 Å². The van der Waals surface area contributed by atoms with E-state index >= 15 is 0 Å². The van der Waals surface area contributed by atoms with Gasteiger partial charge in [0.1, 0.15) is 5.76 Å². The Kier molecular flexibility index (Phi) is 7.72. The summed E-state index contributed by atoms with van der Waals surface area (Å²) in [5.41, 5.74) is 1.08. The largest absolute Gasteiger partial charge is 0.478 e. The van der Waals surface area contributed by atoms with Crippen molar-refractivity contribution in [1.82, 2.24) is 20.5 Å². The lowest BCUT2D eigenvalue weighted by atomic mass is 10.2. The molecule has 2 aromatic heterocycles. The zero-order chi connectivity index (χ0) is 19.6. The predicted octanol–water partition coefficient (Wildman–Crippen LogP) is 2.97. The van der Waals surface area contributed by atoms with Gasteiger partial charge in [-0.1, -0.05) is 13.0 Å². The van der Waals surface area contributed by atoms with Crippen LogP contribution >= 0.6 is 0 Å². The van der Waals surface area contributed by atoms with Gasteiger partial charge in [0, 0.05) is 32.4 Å². The molecule has 152 valence electrons. The Bertz CT molecular complexity index is 709. The van der Waals surface area contributed by atoms with Crippen molar-refractivity contribution in [2.24, 2.45) is 4.99 Å². The van der Waals surface area contributed by atoms with Gasteiger partial charge < -0.3 is 19.8 Å². The summed E-state index contributed by atoms with van der Waals surface area (Å²) >= 11 is 0. The van der Waals surface area contributed by atoms with Crippen LogP contribution in [0.15, 0.2) is 46.1 Å². The van der Waals surface area contributed by atoms with E-state index in [0.717, 1.165) is 43.3 Å². The lowest BCUT2D eigenvalue weighted by Gasteiger charge is -2.26. The van der Waals surface area contributed by atoms with E-state index in [-0.39, 0.29) is 6.04 Å². The van der Waals surface area contributed by atoms with E-state index in [1.807, 2.05) is 24.4 Å². The van der Waals surface area contributed by atoms with Crippen molar-refractivity contribution in [3.05, 3.63) is 48.0 Å². The molecule has 1 saturated heterocycles. The SMILES string of the molecule is CCCOc1ccc(CNC(=NC)NCC(c2ccco2)N2CCCC2)cn1. The summed E-state index contributed by atoms with van der Waals surface area (Å²) < 4.78 is 11.2. The maximum Gasteiger partial charge on any atom is 0.213 e. The molecule has 0 aromatic carbocycles. The Labute approximate surface area is 167 Å². The monoisotopic (exact) mass is 385 g/mol. The first-order valence-electron chi connectivity index (χ1n) is 10.1. The summed E-state index contributed by atoms with van der Waals surface area (Å²) in [7, 11) is 1.78. The number of likely N-dealkylation sites (tertiary alicyclic amines) is 1. The maximum absolute atomic E-state index is 5.68. The van der Waals surface area contributed by atoms with Gasteiger partial charge in [-0.25, -0.2) is 4.98 Å². The fraction of sp³-hybridized carbons (Fsp3) is 0.524. The van der Waals surface area contributed by atoms with Crippen molar-refractivity contribution >= 4 is 5.96 Å². The van der Waals surface area contributed by atoms with Gasteiger partial charge in [0.25, 0.3) is 0 Å². The van der Waals surface area contributed by atoms with E-state index in [2.05, 4.69) is 38.5 Å². The third-order valence-corrected chi connectivity index (χ3v) is 4.85. The molecule has 28 heavy (non-hydrogen) atoms. The van der Waals surface area contributed by atoms with Crippen molar-refractivity contribution in [2.75, 3.05) is 33.3 Å². The van der Waals surface area contributed by atoms with Crippen LogP contribution in [0.1, 0.15) is 43.6 Å². The zero-order valence-corrected chi connectivity index (χ0v) is 16.9. The summed E-state index contributed by atoms with van der Waals surface area (Å²) in [5.74, 6) is 2.43. The van der Waals surface area contributed by atoms with Crippen LogP contribution in [0.3, 0.4) is 0 Å². The summed E-state index contributed by atoms with van der Waals surface area (Å²) in [5, 5.41) is 6.78. The first kappa shape index (κ1) is 20.2. The van der Waals surface area contributed by atoms with Crippen molar-refractivity contribution in [1.29, 1.82) is 0 Å². The van der Waals surface area contributed by atoms with Crippen LogP contribution in [0.4, 0.5) is 0 Å². The van der Waals surface area contributed by atoms with Crippen LogP contribution in [0.25, 0.3) is 0 Å². The van der Waals surface area contributed by atoms with Crippen LogP contribution in [0, 0.1) is 0 Å². The second-order valence-corrected chi connectivity index (χ2v) is 6.93.